The van der Waals surface area contributed by atoms with Gasteiger partial charge in [0.2, 0.25) is 0 Å². The molecule has 0 radical (unpaired) electrons. The van der Waals surface area contributed by atoms with E-state index in [1.807, 2.05) is 18.2 Å². The summed E-state index contributed by atoms with van der Waals surface area (Å²) >= 11 is 3.16. The number of hydrogen-bond acceptors (Lipinski definition) is 2. The van der Waals surface area contributed by atoms with Gasteiger partial charge in [-0.05, 0) is 41.8 Å². The van der Waals surface area contributed by atoms with Crippen molar-refractivity contribution in [3.8, 4) is 5.75 Å². The van der Waals surface area contributed by atoms with Crippen LogP contribution >= 0.6 is 15.9 Å². The Hall–Kier alpha value is -1.88. The van der Waals surface area contributed by atoms with E-state index in [0.29, 0.717) is 16.1 Å². The number of carbonyl (C=O) groups is 1. The Kier molecular flexibility index (Phi) is 5.55. The van der Waals surface area contributed by atoms with E-state index in [0.717, 1.165) is 5.56 Å². The highest BCUT2D eigenvalue weighted by atomic mass is 79.9. The molecule has 2 rings (SSSR count). The number of ether oxygens (including phenoxy) is 1. The van der Waals surface area contributed by atoms with Crippen LogP contribution < -0.4 is 10.1 Å². The number of anilines is 1. The lowest BCUT2D eigenvalue weighted by Crippen LogP contribution is -2.20. The van der Waals surface area contributed by atoms with Crippen LogP contribution in [0.4, 0.5) is 10.1 Å². The van der Waals surface area contributed by atoms with Gasteiger partial charge in [-0.15, -0.1) is 0 Å². The maximum Gasteiger partial charge on any atom is 0.262 e. The third kappa shape index (κ3) is 4.56. The molecule has 0 aromatic heterocycles. The maximum atomic E-state index is 13.6. The topological polar surface area (TPSA) is 38.3 Å². The molecule has 0 saturated carbocycles. The number of rotatable bonds is 5. The van der Waals surface area contributed by atoms with Crippen LogP contribution in [0.3, 0.4) is 0 Å². The van der Waals surface area contributed by atoms with E-state index in [2.05, 4.69) is 35.1 Å². The van der Waals surface area contributed by atoms with Gasteiger partial charge in [0.05, 0.1) is 5.69 Å². The Bertz CT molecular complexity index is 673. The zero-order valence-electron chi connectivity index (χ0n) is 12.4. The van der Waals surface area contributed by atoms with E-state index in [-0.39, 0.29) is 12.3 Å². The SMILES string of the molecule is CC(C)c1cccc(OCC(=O)Nc2ccc(Br)cc2F)c1. The first-order chi connectivity index (χ1) is 10.5. The predicted molar refractivity (Wildman–Crippen MR) is 88.8 cm³/mol. The molecule has 0 aliphatic carbocycles. The van der Waals surface area contributed by atoms with Gasteiger partial charge in [-0.25, -0.2) is 4.39 Å². The van der Waals surface area contributed by atoms with E-state index in [1.165, 1.54) is 12.1 Å². The molecule has 0 spiro atoms. The van der Waals surface area contributed by atoms with Crippen LogP contribution in [0.2, 0.25) is 0 Å². The van der Waals surface area contributed by atoms with Gasteiger partial charge in [-0.3, -0.25) is 4.79 Å². The second kappa shape index (κ2) is 7.40. The summed E-state index contributed by atoms with van der Waals surface area (Å²) < 4.78 is 19.7. The van der Waals surface area contributed by atoms with Gasteiger partial charge in [0.1, 0.15) is 11.6 Å². The van der Waals surface area contributed by atoms with Crippen molar-refractivity contribution < 1.29 is 13.9 Å². The molecule has 2 aromatic rings. The first-order valence-corrected chi connectivity index (χ1v) is 7.72. The van der Waals surface area contributed by atoms with Crippen molar-refractivity contribution >= 4 is 27.5 Å². The fourth-order valence-electron chi connectivity index (χ4n) is 1.89. The average molecular weight is 366 g/mol. The highest BCUT2D eigenvalue weighted by Crippen LogP contribution is 2.21. The molecule has 1 N–H and O–H groups in total. The number of hydrogen-bond donors (Lipinski definition) is 1. The second-order valence-corrected chi connectivity index (χ2v) is 6.10. The Morgan fingerprint density at radius 1 is 1.27 bits per heavy atom. The normalized spacial score (nSPS) is 10.6. The van der Waals surface area contributed by atoms with Crippen LogP contribution in [0.1, 0.15) is 25.3 Å². The van der Waals surface area contributed by atoms with Gasteiger partial charge >= 0.3 is 0 Å². The van der Waals surface area contributed by atoms with Crippen molar-refractivity contribution in [2.75, 3.05) is 11.9 Å². The van der Waals surface area contributed by atoms with Crippen molar-refractivity contribution in [3.05, 3.63) is 58.3 Å². The molecule has 0 bridgehead atoms. The van der Waals surface area contributed by atoms with Crippen LogP contribution in [-0.2, 0) is 4.79 Å². The minimum absolute atomic E-state index is 0.132. The van der Waals surface area contributed by atoms with Crippen molar-refractivity contribution in [1.29, 1.82) is 0 Å². The Balaban J connectivity index is 1.94. The zero-order valence-corrected chi connectivity index (χ0v) is 14.0. The van der Waals surface area contributed by atoms with Gasteiger partial charge in [0.25, 0.3) is 5.91 Å². The minimum atomic E-state index is -0.496. The summed E-state index contributed by atoms with van der Waals surface area (Å²) in [5.41, 5.74) is 1.27. The van der Waals surface area contributed by atoms with Crippen LogP contribution in [0, 0.1) is 5.82 Å². The summed E-state index contributed by atoms with van der Waals surface area (Å²) in [4.78, 5) is 11.8. The first-order valence-electron chi connectivity index (χ1n) is 6.93. The van der Waals surface area contributed by atoms with Crippen molar-refractivity contribution in [2.45, 2.75) is 19.8 Å². The zero-order chi connectivity index (χ0) is 16.1. The van der Waals surface area contributed by atoms with E-state index in [1.54, 1.807) is 12.1 Å². The van der Waals surface area contributed by atoms with Crippen LogP contribution in [-0.4, -0.2) is 12.5 Å². The van der Waals surface area contributed by atoms with Crippen molar-refractivity contribution in [2.24, 2.45) is 0 Å². The molecule has 0 aliphatic heterocycles. The summed E-state index contributed by atoms with van der Waals surface area (Å²) in [6, 6.07) is 12.0. The highest BCUT2D eigenvalue weighted by Gasteiger charge is 2.09. The second-order valence-electron chi connectivity index (χ2n) is 5.19. The third-order valence-corrected chi connectivity index (χ3v) is 3.59. The van der Waals surface area contributed by atoms with Gasteiger partial charge in [-0.2, -0.15) is 0 Å². The standard InChI is InChI=1S/C17H17BrFNO2/c1-11(2)12-4-3-5-14(8-12)22-10-17(21)20-16-7-6-13(18)9-15(16)19/h3-9,11H,10H2,1-2H3,(H,20,21). The average Bonchev–Trinajstić information content (AvgIpc) is 2.48. The van der Waals surface area contributed by atoms with E-state index in [9.17, 15) is 9.18 Å². The molecule has 116 valence electrons. The third-order valence-electron chi connectivity index (χ3n) is 3.10. The summed E-state index contributed by atoms with van der Waals surface area (Å²) in [5.74, 6) is 0.104. The summed E-state index contributed by atoms with van der Waals surface area (Å²) in [7, 11) is 0. The van der Waals surface area contributed by atoms with Gasteiger partial charge < -0.3 is 10.1 Å². The quantitative estimate of drug-likeness (QED) is 0.831. The number of amides is 1. The molecule has 2 aromatic carbocycles. The number of halogens is 2. The molecular formula is C17H17BrFNO2. The molecule has 1 amide bonds. The van der Waals surface area contributed by atoms with Gasteiger partial charge in [0.15, 0.2) is 6.61 Å². The number of benzene rings is 2. The number of nitrogens with one attached hydrogen (secondary N) is 1. The number of carbonyl (C=O) groups excluding carboxylic acids is 1. The summed E-state index contributed by atoms with van der Waals surface area (Å²) in [6.45, 7) is 4.00. The summed E-state index contributed by atoms with van der Waals surface area (Å²) in [6.07, 6.45) is 0. The fourth-order valence-corrected chi connectivity index (χ4v) is 2.22. The molecule has 5 heteroatoms. The lowest BCUT2D eigenvalue weighted by atomic mass is 10.0. The fraction of sp³-hybridized carbons (Fsp3) is 0.235. The Labute approximate surface area is 137 Å². The monoisotopic (exact) mass is 365 g/mol. The molecule has 0 saturated heterocycles. The Morgan fingerprint density at radius 3 is 2.73 bits per heavy atom. The van der Waals surface area contributed by atoms with Crippen molar-refractivity contribution in [1.82, 2.24) is 0 Å². The molecule has 0 unspecified atom stereocenters. The van der Waals surface area contributed by atoms with Crippen molar-refractivity contribution in [3.63, 3.8) is 0 Å². The molecule has 0 aliphatic rings. The van der Waals surface area contributed by atoms with Crippen LogP contribution in [0.25, 0.3) is 0 Å². The van der Waals surface area contributed by atoms with Gasteiger partial charge in [-0.1, -0.05) is 41.9 Å². The van der Waals surface area contributed by atoms with Gasteiger partial charge in [0, 0.05) is 4.47 Å². The van der Waals surface area contributed by atoms with E-state index < -0.39 is 11.7 Å². The maximum absolute atomic E-state index is 13.6. The van der Waals surface area contributed by atoms with Crippen LogP contribution in [0.5, 0.6) is 5.75 Å². The largest absolute Gasteiger partial charge is 0.484 e. The molecule has 3 nitrogen and oxygen atoms in total. The molecule has 0 heterocycles. The predicted octanol–water partition coefficient (Wildman–Crippen LogP) is 4.73. The smallest absolute Gasteiger partial charge is 0.262 e. The summed E-state index contributed by atoms with van der Waals surface area (Å²) in [5, 5.41) is 2.49. The highest BCUT2D eigenvalue weighted by molar-refractivity contribution is 9.10. The lowest BCUT2D eigenvalue weighted by molar-refractivity contribution is -0.118. The molecule has 22 heavy (non-hydrogen) atoms. The van der Waals surface area contributed by atoms with E-state index in [4.69, 9.17) is 4.74 Å². The molecule has 0 fully saturated rings. The first kappa shape index (κ1) is 16.5. The lowest BCUT2D eigenvalue weighted by Gasteiger charge is -2.10. The molecular weight excluding hydrogens is 349 g/mol. The van der Waals surface area contributed by atoms with E-state index >= 15 is 0 Å². The Morgan fingerprint density at radius 2 is 2.05 bits per heavy atom. The minimum Gasteiger partial charge on any atom is -0.484 e. The van der Waals surface area contributed by atoms with Crippen LogP contribution in [0.15, 0.2) is 46.9 Å². The molecule has 0 atom stereocenters.